The lowest BCUT2D eigenvalue weighted by molar-refractivity contribution is -0.119. The average molecular weight is 380 g/mol. The Labute approximate surface area is 166 Å². The Bertz CT molecular complexity index is 780. The van der Waals surface area contributed by atoms with Gasteiger partial charge in [-0.2, -0.15) is 0 Å². The highest BCUT2D eigenvalue weighted by molar-refractivity contribution is 5.79. The van der Waals surface area contributed by atoms with Gasteiger partial charge in [-0.05, 0) is 29.5 Å². The van der Waals surface area contributed by atoms with E-state index in [4.69, 9.17) is 0 Å². The molecule has 0 radical (unpaired) electrons. The molecule has 3 amide bonds. The van der Waals surface area contributed by atoms with Crippen LogP contribution in [0.25, 0.3) is 0 Å². The Hall–Kier alpha value is -2.89. The molecule has 0 bridgehead atoms. The normalized spacial score (nSPS) is 17.2. The Morgan fingerprint density at radius 2 is 2.04 bits per heavy atom. The minimum absolute atomic E-state index is 0.0100. The van der Waals surface area contributed by atoms with Gasteiger partial charge in [0.2, 0.25) is 5.91 Å². The van der Waals surface area contributed by atoms with E-state index in [-0.39, 0.29) is 29.9 Å². The molecule has 3 rings (SSSR count). The van der Waals surface area contributed by atoms with Crippen LogP contribution in [-0.4, -0.2) is 34.4 Å². The molecule has 2 N–H and O–H groups in total. The molecule has 2 aromatic rings. The standard InChI is InChI=1S/C22H28N4O2/c1-16(2)21(18-8-4-3-5-9-18)25-22(28)26(14-17-7-6-12-23-13-17)15-19-10-11-20(27)24-19/h3-9,12-13,16,19,21H,10-11,14-15H2,1-2H3,(H,24,27)(H,25,28)/t19-,21+/m0/s1. The number of pyridine rings is 1. The minimum Gasteiger partial charge on any atom is -0.352 e. The first-order valence-corrected chi connectivity index (χ1v) is 9.81. The fourth-order valence-electron chi connectivity index (χ4n) is 3.53. The van der Waals surface area contributed by atoms with Crippen molar-refractivity contribution in [3.8, 4) is 0 Å². The highest BCUT2D eigenvalue weighted by Crippen LogP contribution is 2.22. The van der Waals surface area contributed by atoms with E-state index in [9.17, 15) is 9.59 Å². The van der Waals surface area contributed by atoms with Gasteiger partial charge in [0.05, 0.1) is 6.04 Å². The fourth-order valence-corrected chi connectivity index (χ4v) is 3.53. The van der Waals surface area contributed by atoms with Gasteiger partial charge in [0.1, 0.15) is 0 Å². The van der Waals surface area contributed by atoms with E-state index in [0.717, 1.165) is 17.5 Å². The molecule has 0 unspecified atom stereocenters. The molecular formula is C22H28N4O2. The van der Waals surface area contributed by atoms with Gasteiger partial charge in [0, 0.05) is 37.9 Å². The van der Waals surface area contributed by atoms with Gasteiger partial charge in [-0.25, -0.2) is 4.79 Å². The topological polar surface area (TPSA) is 74.3 Å². The first kappa shape index (κ1) is 19.9. The number of carbonyl (C=O) groups excluding carboxylic acids is 2. The molecule has 2 atom stereocenters. The first-order chi connectivity index (χ1) is 13.5. The van der Waals surface area contributed by atoms with E-state index in [0.29, 0.717) is 19.5 Å². The van der Waals surface area contributed by atoms with Crippen molar-refractivity contribution in [3.05, 3.63) is 66.0 Å². The van der Waals surface area contributed by atoms with E-state index in [1.165, 1.54) is 0 Å². The molecule has 1 saturated heterocycles. The Kier molecular flexibility index (Phi) is 6.63. The van der Waals surface area contributed by atoms with Crippen LogP contribution in [0.3, 0.4) is 0 Å². The fraction of sp³-hybridized carbons (Fsp3) is 0.409. The summed E-state index contributed by atoms with van der Waals surface area (Å²) in [5, 5.41) is 6.15. The predicted octanol–water partition coefficient (Wildman–Crippen LogP) is 3.27. The zero-order chi connectivity index (χ0) is 19.9. The SMILES string of the molecule is CC(C)[C@@H](NC(=O)N(Cc1cccnc1)C[C@@H]1CCC(=O)N1)c1ccccc1. The summed E-state index contributed by atoms with van der Waals surface area (Å²) in [7, 11) is 0. The molecule has 1 aromatic carbocycles. The van der Waals surface area contributed by atoms with Gasteiger partial charge in [-0.15, -0.1) is 0 Å². The summed E-state index contributed by atoms with van der Waals surface area (Å²) in [6.45, 7) is 5.12. The molecule has 0 aliphatic carbocycles. The van der Waals surface area contributed by atoms with E-state index in [2.05, 4.69) is 29.5 Å². The zero-order valence-electron chi connectivity index (χ0n) is 16.5. The van der Waals surface area contributed by atoms with Crippen molar-refractivity contribution < 1.29 is 9.59 Å². The number of amides is 3. The molecule has 2 heterocycles. The molecule has 28 heavy (non-hydrogen) atoms. The third-order valence-electron chi connectivity index (χ3n) is 5.01. The van der Waals surface area contributed by atoms with Crippen LogP contribution in [0.1, 0.15) is 43.9 Å². The lowest BCUT2D eigenvalue weighted by Crippen LogP contribution is -2.47. The van der Waals surface area contributed by atoms with Crippen LogP contribution in [0, 0.1) is 5.92 Å². The molecule has 148 valence electrons. The maximum absolute atomic E-state index is 13.2. The van der Waals surface area contributed by atoms with Crippen molar-refractivity contribution in [1.29, 1.82) is 0 Å². The van der Waals surface area contributed by atoms with Gasteiger partial charge in [-0.1, -0.05) is 50.2 Å². The van der Waals surface area contributed by atoms with Crippen LogP contribution in [0.4, 0.5) is 4.79 Å². The number of rotatable bonds is 7. The molecule has 1 aromatic heterocycles. The summed E-state index contributed by atoms with van der Waals surface area (Å²) >= 11 is 0. The molecular weight excluding hydrogens is 352 g/mol. The molecule has 0 spiro atoms. The van der Waals surface area contributed by atoms with Crippen LogP contribution < -0.4 is 10.6 Å². The van der Waals surface area contributed by atoms with Crippen molar-refractivity contribution in [2.45, 2.75) is 45.3 Å². The van der Waals surface area contributed by atoms with Gasteiger partial charge >= 0.3 is 6.03 Å². The summed E-state index contributed by atoms with van der Waals surface area (Å²) in [5.41, 5.74) is 2.05. The summed E-state index contributed by atoms with van der Waals surface area (Å²) in [4.78, 5) is 30.7. The van der Waals surface area contributed by atoms with E-state index >= 15 is 0 Å². The van der Waals surface area contributed by atoms with Crippen LogP contribution in [-0.2, 0) is 11.3 Å². The van der Waals surface area contributed by atoms with Crippen LogP contribution in [0.2, 0.25) is 0 Å². The number of benzene rings is 1. The second-order valence-electron chi connectivity index (χ2n) is 7.63. The Morgan fingerprint density at radius 3 is 2.64 bits per heavy atom. The number of urea groups is 1. The third kappa shape index (κ3) is 5.31. The molecule has 0 saturated carbocycles. The third-order valence-corrected chi connectivity index (χ3v) is 5.01. The van der Waals surface area contributed by atoms with Crippen molar-refractivity contribution >= 4 is 11.9 Å². The summed E-state index contributed by atoms with van der Waals surface area (Å²) in [6.07, 6.45) is 4.76. The van der Waals surface area contributed by atoms with Crippen molar-refractivity contribution in [3.63, 3.8) is 0 Å². The highest BCUT2D eigenvalue weighted by Gasteiger charge is 2.27. The predicted molar refractivity (Wildman–Crippen MR) is 108 cm³/mol. The maximum Gasteiger partial charge on any atom is 0.318 e. The van der Waals surface area contributed by atoms with Crippen LogP contribution in [0.5, 0.6) is 0 Å². The van der Waals surface area contributed by atoms with Gasteiger partial charge in [-0.3, -0.25) is 9.78 Å². The number of aromatic nitrogens is 1. The summed E-state index contributed by atoms with van der Waals surface area (Å²) < 4.78 is 0. The molecule has 6 heteroatoms. The van der Waals surface area contributed by atoms with Crippen LogP contribution in [0.15, 0.2) is 54.9 Å². The smallest absolute Gasteiger partial charge is 0.318 e. The van der Waals surface area contributed by atoms with E-state index in [1.54, 1.807) is 17.3 Å². The quantitative estimate of drug-likeness (QED) is 0.774. The van der Waals surface area contributed by atoms with Gasteiger partial charge in [0.25, 0.3) is 0 Å². The highest BCUT2D eigenvalue weighted by atomic mass is 16.2. The van der Waals surface area contributed by atoms with E-state index < -0.39 is 0 Å². The molecule has 1 aliphatic rings. The first-order valence-electron chi connectivity index (χ1n) is 9.81. The largest absolute Gasteiger partial charge is 0.352 e. The lowest BCUT2D eigenvalue weighted by atomic mass is 9.96. The molecule has 1 fully saturated rings. The number of carbonyl (C=O) groups is 2. The van der Waals surface area contributed by atoms with Crippen molar-refractivity contribution in [2.75, 3.05) is 6.54 Å². The number of hydrogen-bond donors (Lipinski definition) is 2. The molecule has 1 aliphatic heterocycles. The zero-order valence-corrected chi connectivity index (χ0v) is 16.5. The monoisotopic (exact) mass is 380 g/mol. The van der Waals surface area contributed by atoms with Gasteiger partial charge in [0.15, 0.2) is 0 Å². The van der Waals surface area contributed by atoms with Gasteiger partial charge < -0.3 is 15.5 Å². The summed E-state index contributed by atoms with van der Waals surface area (Å²) in [6, 6.07) is 13.6. The second kappa shape index (κ2) is 9.35. The second-order valence-corrected chi connectivity index (χ2v) is 7.63. The maximum atomic E-state index is 13.2. The number of nitrogens with one attached hydrogen (secondary N) is 2. The Morgan fingerprint density at radius 1 is 1.25 bits per heavy atom. The van der Waals surface area contributed by atoms with Crippen LogP contribution >= 0.6 is 0 Å². The number of nitrogens with zero attached hydrogens (tertiary/aromatic N) is 2. The number of hydrogen-bond acceptors (Lipinski definition) is 3. The average Bonchev–Trinajstić information content (AvgIpc) is 3.11. The van der Waals surface area contributed by atoms with E-state index in [1.807, 2.05) is 42.5 Å². The summed E-state index contributed by atoms with van der Waals surface area (Å²) in [5.74, 6) is 0.300. The minimum atomic E-state index is -0.132. The Balaban J connectivity index is 1.75. The molecule has 6 nitrogen and oxygen atoms in total. The van der Waals surface area contributed by atoms with Crippen molar-refractivity contribution in [1.82, 2.24) is 20.5 Å². The van der Waals surface area contributed by atoms with Crippen molar-refractivity contribution in [2.24, 2.45) is 5.92 Å². The lowest BCUT2D eigenvalue weighted by Gasteiger charge is -2.30.